The molecule has 1 fully saturated rings. The van der Waals surface area contributed by atoms with Gasteiger partial charge in [-0.15, -0.1) is 0 Å². The Hall–Kier alpha value is -2.65. The van der Waals surface area contributed by atoms with E-state index in [9.17, 15) is 37.9 Å². The smallest absolute Gasteiger partial charge is 0.306 e. The molecule has 0 aromatic carbocycles. The van der Waals surface area contributed by atoms with Crippen LogP contribution in [0.25, 0.3) is 0 Å². The van der Waals surface area contributed by atoms with Gasteiger partial charge in [0.2, 0.25) is 0 Å². The summed E-state index contributed by atoms with van der Waals surface area (Å²) < 4.78 is 54.0. The van der Waals surface area contributed by atoms with E-state index in [-0.39, 0.29) is 19.4 Å². The molecule has 0 aliphatic carbocycles. The van der Waals surface area contributed by atoms with Gasteiger partial charge >= 0.3 is 11.9 Å². The molecule has 12 nitrogen and oxygen atoms in total. The van der Waals surface area contributed by atoms with E-state index >= 15 is 0 Å². The van der Waals surface area contributed by atoms with E-state index in [0.717, 1.165) is 89.9 Å². The highest BCUT2D eigenvalue weighted by Gasteiger charge is 2.46. The van der Waals surface area contributed by atoms with Crippen molar-refractivity contribution in [2.24, 2.45) is 0 Å². The molecule has 1 aliphatic rings. The van der Waals surface area contributed by atoms with E-state index in [1.165, 1.54) is 25.7 Å². The van der Waals surface area contributed by atoms with Crippen molar-refractivity contribution in [2.45, 2.75) is 192 Å². The van der Waals surface area contributed by atoms with Gasteiger partial charge in [0.05, 0.1) is 6.61 Å². The Balaban J connectivity index is 2.50. The molecule has 13 heteroatoms. The Labute approximate surface area is 349 Å². The van der Waals surface area contributed by atoms with Crippen molar-refractivity contribution in [1.29, 1.82) is 0 Å². The summed E-state index contributed by atoms with van der Waals surface area (Å²) >= 11 is 0. The largest absolute Gasteiger partial charge is 0.462 e. The summed E-state index contributed by atoms with van der Waals surface area (Å²) in [4.78, 5) is 25.4. The zero-order chi connectivity index (χ0) is 42.7. The van der Waals surface area contributed by atoms with Crippen LogP contribution in [0.15, 0.2) is 60.8 Å². The number of aliphatic hydroxyl groups excluding tert-OH is 3. The van der Waals surface area contributed by atoms with Crippen molar-refractivity contribution in [3.63, 3.8) is 0 Å². The molecule has 0 aromatic rings. The first-order chi connectivity index (χ1) is 28.0. The number of carbonyl (C=O) groups is 2. The molecule has 0 radical (unpaired) electrons. The van der Waals surface area contributed by atoms with E-state index in [2.05, 4.69) is 74.6 Å². The number of aliphatic hydroxyl groups is 3. The summed E-state index contributed by atoms with van der Waals surface area (Å²) in [6.07, 6.45) is 32.6. The fourth-order valence-electron chi connectivity index (χ4n) is 6.21. The Morgan fingerprint density at radius 3 is 1.72 bits per heavy atom. The lowest BCUT2D eigenvalue weighted by atomic mass is 10.00. The van der Waals surface area contributed by atoms with Gasteiger partial charge in [-0.1, -0.05) is 132 Å². The fraction of sp³-hybridized carbons (Fsp3) is 0.733. The summed E-state index contributed by atoms with van der Waals surface area (Å²) in [6.45, 7) is 3.58. The van der Waals surface area contributed by atoms with Gasteiger partial charge in [-0.3, -0.25) is 14.1 Å². The molecule has 6 atom stereocenters. The topological polar surface area (TPSA) is 186 Å². The average molecular weight is 841 g/mol. The second-order valence-corrected chi connectivity index (χ2v) is 16.5. The van der Waals surface area contributed by atoms with Crippen LogP contribution >= 0.6 is 0 Å². The molecule has 334 valence electrons. The van der Waals surface area contributed by atoms with Gasteiger partial charge in [0, 0.05) is 12.8 Å². The van der Waals surface area contributed by atoms with Gasteiger partial charge in [-0.05, 0) is 70.6 Å². The third-order valence-electron chi connectivity index (χ3n) is 9.61. The van der Waals surface area contributed by atoms with Crippen LogP contribution in [-0.4, -0.2) is 96.0 Å². The second kappa shape index (κ2) is 35.1. The maximum absolute atomic E-state index is 12.8. The summed E-state index contributed by atoms with van der Waals surface area (Å²) in [5.41, 5.74) is 0. The zero-order valence-electron chi connectivity index (χ0n) is 35.4. The molecule has 1 saturated heterocycles. The van der Waals surface area contributed by atoms with E-state index in [1.54, 1.807) is 0 Å². The average Bonchev–Trinajstić information content (AvgIpc) is 3.18. The zero-order valence-corrected chi connectivity index (χ0v) is 36.2. The Morgan fingerprint density at radius 2 is 1.14 bits per heavy atom. The number of rotatable bonds is 35. The number of carbonyl (C=O) groups excluding carboxylic acids is 2. The molecule has 0 aromatic heterocycles. The normalized spacial score (nSPS) is 21.0. The minimum Gasteiger partial charge on any atom is -0.462 e. The molecule has 58 heavy (non-hydrogen) atoms. The molecule has 2 unspecified atom stereocenters. The summed E-state index contributed by atoms with van der Waals surface area (Å²) in [5.74, 6) is -2.03. The molecule has 0 spiro atoms. The number of hydrogen-bond acceptors (Lipinski definition) is 11. The van der Waals surface area contributed by atoms with Crippen LogP contribution in [-0.2, 0) is 38.7 Å². The molecule has 1 aliphatic heterocycles. The monoisotopic (exact) mass is 841 g/mol. The lowest BCUT2D eigenvalue weighted by Gasteiger charge is -2.40. The van der Waals surface area contributed by atoms with Crippen LogP contribution in [0.5, 0.6) is 0 Å². The number of ether oxygens (including phenoxy) is 4. The molecule has 0 amide bonds. The SMILES string of the molecule is CC/C=C/C/C=C/C/C=C/CCCCCCCC(=O)O[C@H](COC(=O)CCCCCCC/C=C/C=C/CCCCCC)CO[C@H]1O[C@H](CS(=O)(=O)O)[C@@H](O)C(O)C1O. The molecule has 1 heterocycles. The maximum atomic E-state index is 12.8. The molecular weight excluding hydrogens is 765 g/mol. The summed E-state index contributed by atoms with van der Waals surface area (Å²) in [7, 11) is -4.61. The van der Waals surface area contributed by atoms with E-state index in [1.807, 2.05) is 0 Å². The number of esters is 2. The van der Waals surface area contributed by atoms with Crippen LogP contribution in [0.3, 0.4) is 0 Å². The minimum absolute atomic E-state index is 0.139. The van der Waals surface area contributed by atoms with Gasteiger partial charge in [0.15, 0.2) is 12.4 Å². The van der Waals surface area contributed by atoms with Crippen LogP contribution in [0.2, 0.25) is 0 Å². The molecule has 0 saturated carbocycles. The first kappa shape index (κ1) is 53.4. The predicted molar refractivity (Wildman–Crippen MR) is 229 cm³/mol. The maximum Gasteiger partial charge on any atom is 0.306 e. The minimum atomic E-state index is -4.61. The predicted octanol–water partition coefficient (Wildman–Crippen LogP) is 8.56. The number of unbranched alkanes of at least 4 members (excludes halogenated alkanes) is 14. The summed E-state index contributed by atoms with van der Waals surface area (Å²) in [6, 6.07) is 0. The lowest BCUT2D eigenvalue weighted by molar-refractivity contribution is -0.297. The highest BCUT2D eigenvalue weighted by atomic mass is 32.2. The van der Waals surface area contributed by atoms with Crippen molar-refractivity contribution in [1.82, 2.24) is 0 Å². The van der Waals surface area contributed by atoms with Crippen molar-refractivity contribution in [3.05, 3.63) is 60.8 Å². The van der Waals surface area contributed by atoms with E-state index < -0.39 is 71.2 Å². The van der Waals surface area contributed by atoms with E-state index in [4.69, 9.17) is 18.9 Å². The van der Waals surface area contributed by atoms with Crippen LogP contribution in [0.4, 0.5) is 0 Å². The first-order valence-electron chi connectivity index (χ1n) is 21.9. The van der Waals surface area contributed by atoms with Gasteiger partial charge < -0.3 is 34.3 Å². The summed E-state index contributed by atoms with van der Waals surface area (Å²) in [5, 5.41) is 30.8. The first-order valence-corrected chi connectivity index (χ1v) is 23.5. The molecule has 4 N–H and O–H groups in total. The quantitative estimate of drug-likeness (QED) is 0.0157. The van der Waals surface area contributed by atoms with Crippen molar-refractivity contribution >= 4 is 22.1 Å². The lowest BCUT2D eigenvalue weighted by Crippen LogP contribution is -2.60. The van der Waals surface area contributed by atoms with Crippen molar-refractivity contribution in [3.8, 4) is 0 Å². The van der Waals surface area contributed by atoms with Crippen LogP contribution < -0.4 is 0 Å². The molecular formula is C45H76O12S. The second-order valence-electron chi connectivity index (χ2n) is 15.0. The highest BCUT2D eigenvalue weighted by molar-refractivity contribution is 7.85. The Kier molecular flexibility index (Phi) is 32.3. The van der Waals surface area contributed by atoms with Crippen LogP contribution in [0, 0.1) is 0 Å². The highest BCUT2D eigenvalue weighted by Crippen LogP contribution is 2.24. The van der Waals surface area contributed by atoms with Gasteiger partial charge in [-0.25, -0.2) is 0 Å². The van der Waals surface area contributed by atoms with Crippen molar-refractivity contribution in [2.75, 3.05) is 19.0 Å². The molecule has 0 bridgehead atoms. The van der Waals surface area contributed by atoms with Gasteiger partial charge in [0.25, 0.3) is 10.1 Å². The standard InChI is InChI=1S/C45H76O12S/c1-3-5-7-9-11-13-15-17-19-21-23-25-27-29-31-33-40(46)54-35-38(36-55-45-44(50)43(49)42(48)39(57-45)37-58(51,52)53)56-41(47)34-32-30-28-26-24-22-20-18-16-14-12-10-8-6-4-2/h6,8,12-15,17-20,38-39,42-45,48-50H,3-5,7,9-11,16,21-37H2,1-2H3,(H,51,52,53)/b8-6+,14-12+,15-13+,19-17+,20-18+/t38-,39-,42-,43?,44?,45+/m1/s1. The van der Waals surface area contributed by atoms with Crippen LogP contribution in [0.1, 0.15) is 155 Å². The fourth-order valence-corrected chi connectivity index (χ4v) is 6.90. The third kappa shape index (κ3) is 29.5. The number of allylic oxidation sites excluding steroid dienone is 10. The Bertz CT molecular complexity index is 1310. The van der Waals surface area contributed by atoms with Gasteiger partial charge in [-0.2, -0.15) is 8.42 Å². The van der Waals surface area contributed by atoms with Crippen molar-refractivity contribution < 1.29 is 56.8 Å². The molecule has 1 rings (SSSR count). The van der Waals surface area contributed by atoms with Gasteiger partial charge in [0.1, 0.15) is 36.8 Å². The number of hydrogen-bond donors (Lipinski definition) is 4. The third-order valence-corrected chi connectivity index (χ3v) is 10.4. The van der Waals surface area contributed by atoms with E-state index in [0.29, 0.717) is 12.8 Å². The Morgan fingerprint density at radius 1 is 0.621 bits per heavy atom.